The van der Waals surface area contributed by atoms with Gasteiger partial charge in [0.2, 0.25) is 0 Å². The van der Waals surface area contributed by atoms with Crippen molar-refractivity contribution in [2.24, 2.45) is 0 Å². The van der Waals surface area contributed by atoms with Crippen LogP contribution in [0.5, 0.6) is 0 Å². The third-order valence-corrected chi connectivity index (χ3v) is 4.44. The molecule has 0 radical (unpaired) electrons. The van der Waals surface area contributed by atoms with Crippen LogP contribution in [0, 0.1) is 0 Å². The van der Waals surface area contributed by atoms with Gasteiger partial charge >= 0.3 is 0 Å². The summed E-state index contributed by atoms with van der Waals surface area (Å²) in [5.74, 6) is 0.0824. The zero-order chi connectivity index (χ0) is 13.9. The first-order valence-electron chi connectivity index (χ1n) is 7.37. The Hall–Kier alpha value is -1.46. The van der Waals surface area contributed by atoms with E-state index in [1.54, 1.807) is 24.5 Å². The van der Waals surface area contributed by atoms with E-state index >= 15 is 0 Å². The number of nitrogens with zero attached hydrogens (tertiary/aromatic N) is 3. The highest BCUT2D eigenvalue weighted by Gasteiger charge is 2.33. The van der Waals surface area contributed by atoms with Crippen molar-refractivity contribution in [3.63, 3.8) is 0 Å². The highest BCUT2D eigenvalue weighted by atomic mass is 16.3. The van der Waals surface area contributed by atoms with Crippen LogP contribution >= 0.6 is 0 Å². The molecule has 20 heavy (non-hydrogen) atoms. The Kier molecular flexibility index (Phi) is 3.98. The minimum Gasteiger partial charge on any atom is -0.391 e. The number of aliphatic hydroxyl groups is 1. The molecular weight excluding hydrogens is 254 g/mol. The molecule has 0 bridgehead atoms. The molecule has 1 saturated heterocycles. The molecule has 5 nitrogen and oxygen atoms in total. The molecule has 0 unspecified atom stereocenters. The number of piperazine rings is 1. The molecule has 1 aromatic heterocycles. The minimum atomic E-state index is -0.183. The van der Waals surface area contributed by atoms with E-state index in [1.807, 2.05) is 4.90 Å². The summed E-state index contributed by atoms with van der Waals surface area (Å²) >= 11 is 0. The van der Waals surface area contributed by atoms with E-state index in [9.17, 15) is 9.90 Å². The summed E-state index contributed by atoms with van der Waals surface area (Å²) in [4.78, 5) is 20.5. The van der Waals surface area contributed by atoms with Crippen molar-refractivity contribution in [3.05, 3.63) is 30.1 Å². The lowest BCUT2D eigenvalue weighted by Crippen LogP contribution is -2.53. The lowest BCUT2D eigenvalue weighted by Gasteiger charge is -2.39. The molecule has 2 aliphatic rings. The molecule has 2 fully saturated rings. The van der Waals surface area contributed by atoms with Crippen LogP contribution in [0.3, 0.4) is 0 Å². The average molecular weight is 275 g/mol. The first-order valence-corrected chi connectivity index (χ1v) is 7.37. The van der Waals surface area contributed by atoms with Gasteiger partial charge in [0, 0.05) is 50.2 Å². The maximum atomic E-state index is 12.3. The van der Waals surface area contributed by atoms with Crippen molar-refractivity contribution < 1.29 is 9.90 Å². The van der Waals surface area contributed by atoms with Gasteiger partial charge in [0.15, 0.2) is 0 Å². The summed E-state index contributed by atoms with van der Waals surface area (Å²) in [6.07, 6.45) is 6.23. The Morgan fingerprint density at radius 2 is 1.85 bits per heavy atom. The van der Waals surface area contributed by atoms with Gasteiger partial charge in [-0.1, -0.05) is 0 Å². The Balaban J connectivity index is 1.57. The van der Waals surface area contributed by atoms with E-state index < -0.39 is 0 Å². The normalized spacial score (nSPS) is 27.8. The van der Waals surface area contributed by atoms with Gasteiger partial charge < -0.3 is 10.0 Å². The van der Waals surface area contributed by atoms with Crippen LogP contribution in [-0.2, 0) is 0 Å². The zero-order valence-corrected chi connectivity index (χ0v) is 11.6. The van der Waals surface area contributed by atoms with Gasteiger partial charge in [-0.3, -0.25) is 14.7 Å². The molecule has 1 saturated carbocycles. The Bertz CT molecular complexity index is 457. The van der Waals surface area contributed by atoms with Gasteiger partial charge in [0.05, 0.1) is 6.10 Å². The number of carbonyl (C=O) groups excluding carboxylic acids is 1. The Labute approximate surface area is 119 Å². The predicted molar refractivity (Wildman–Crippen MR) is 75.4 cm³/mol. The van der Waals surface area contributed by atoms with Gasteiger partial charge in [-0.05, 0) is 31.4 Å². The molecule has 0 spiro atoms. The first kappa shape index (κ1) is 13.5. The average Bonchev–Trinajstić information content (AvgIpc) is 2.94. The monoisotopic (exact) mass is 275 g/mol. The molecule has 108 valence electrons. The fourth-order valence-corrected chi connectivity index (χ4v) is 3.28. The number of aliphatic hydroxyl groups excluding tert-OH is 1. The number of rotatable bonds is 2. The third kappa shape index (κ3) is 2.69. The second-order valence-corrected chi connectivity index (χ2v) is 5.63. The molecule has 2 heterocycles. The van der Waals surface area contributed by atoms with Gasteiger partial charge in [-0.2, -0.15) is 0 Å². The molecule has 2 atom stereocenters. The molecule has 1 aliphatic carbocycles. The molecule has 5 heteroatoms. The lowest BCUT2D eigenvalue weighted by atomic mass is 10.1. The highest BCUT2D eigenvalue weighted by molar-refractivity contribution is 5.94. The zero-order valence-electron chi connectivity index (χ0n) is 11.6. The second-order valence-electron chi connectivity index (χ2n) is 5.63. The fourth-order valence-electron chi connectivity index (χ4n) is 3.28. The molecule has 1 aromatic rings. The summed E-state index contributed by atoms with van der Waals surface area (Å²) in [5, 5.41) is 9.97. The van der Waals surface area contributed by atoms with Crippen molar-refractivity contribution >= 4 is 5.91 Å². The summed E-state index contributed by atoms with van der Waals surface area (Å²) < 4.78 is 0. The van der Waals surface area contributed by atoms with E-state index in [0.717, 1.165) is 45.4 Å². The standard InChI is InChI=1S/C15H21N3O2/c19-14-3-1-2-13(14)17-8-10-18(11-9-17)15(20)12-4-6-16-7-5-12/h4-7,13-14,19H,1-3,8-11H2/t13-,14+/m1/s1. The van der Waals surface area contributed by atoms with E-state index in [0.29, 0.717) is 11.6 Å². The van der Waals surface area contributed by atoms with Crippen molar-refractivity contribution in [1.82, 2.24) is 14.8 Å². The summed E-state index contributed by atoms with van der Waals surface area (Å²) in [5.41, 5.74) is 0.703. The predicted octanol–water partition coefficient (Wildman–Crippen LogP) is 0.753. The van der Waals surface area contributed by atoms with Crippen LogP contribution in [0.15, 0.2) is 24.5 Å². The van der Waals surface area contributed by atoms with Crippen LogP contribution in [0.25, 0.3) is 0 Å². The van der Waals surface area contributed by atoms with Crippen LogP contribution in [-0.4, -0.2) is 64.1 Å². The molecule has 1 amide bonds. The third-order valence-electron chi connectivity index (χ3n) is 4.44. The largest absolute Gasteiger partial charge is 0.391 e. The number of aromatic nitrogens is 1. The first-order chi connectivity index (χ1) is 9.75. The van der Waals surface area contributed by atoms with Crippen LogP contribution in [0.2, 0.25) is 0 Å². The van der Waals surface area contributed by atoms with E-state index in [-0.39, 0.29) is 12.0 Å². The van der Waals surface area contributed by atoms with Gasteiger partial charge in [-0.15, -0.1) is 0 Å². The maximum Gasteiger partial charge on any atom is 0.254 e. The fraction of sp³-hybridized carbons (Fsp3) is 0.600. The van der Waals surface area contributed by atoms with Gasteiger partial charge in [0.1, 0.15) is 0 Å². The lowest BCUT2D eigenvalue weighted by molar-refractivity contribution is 0.0315. The van der Waals surface area contributed by atoms with E-state index in [1.165, 1.54) is 0 Å². The topological polar surface area (TPSA) is 56.7 Å². The van der Waals surface area contributed by atoms with Crippen molar-refractivity contribution in [3.8, 4) is 0 Å². The number of pyridine rings is 1. The van der Waals surface area contributed by atoms with Gasteiger partial charge in [-0.25, -0.2) is 0 Å². The quantitative estimate of drug-likeness (QED) is 0.865. The van der Waals surface area contributed by atoms with Crippen LogP contribution in [0.1, 0.15) is 29.6 Å². The van der Waals surface area contributed by atoms with Gasteiger partial charge in [0.25, 0.3) is 5.91 Å². The molecule has 1 aliphatic heterocycles. The van der Waals surface area contributed by atoms with Crippen LogP contribution < -0.4 is 0 Å². The minimum absolute atomic E-state index is 0.0824. The molecule has 0 aromatic carbocycles. The Morgan fingerprint density at radius 3 is 2.45 bits per heavy atom. The van der Waals surface area contributed by atoms with Crippen molar-refractivity contribution in [1.29, 1.82) is 0 Å². The Morgan fingerprint density at radius 1 is 1.15 bits per heavy atom. The van der Waals surface area contributed by atoms with Crippen molar-refractivity contribution in [2.75, 3.05) is 26.2 Å². The maximum absolute atomic E-state index is 12.3. The molecular formula is C15H21N3O2. The van der Waals surface area contributed by atoms with E-state index in [4.69, 9.17) is 0 Å². The summed E-state index contributed by atoms with van der Waals surface area (Å²) in [7, 11) is 0. The van der Waals surface area contributed by atoms with Crippen LogP contribution in [0.4, 0.5) is 0 Å². The molecule has 1 N–H and O–H groups in total. The van der Waals surface area contributed by atoms with Crippen molar-refractivity contribution in [2.45, 2.75) is 31.4 Å². The SMILES string of the molecule is O=C(c1ccncc1)N1CCN([C@@H]2CCC[C@@H]2O)CC1. The summed E-state index contributed by atoms with van der Waals surface area (Å²) in [6, 6.07) is 3.82. The molecule has 3 rings (SSSR count). The smallest absolute Gasteiger partial charge is 0.254 e. The number of amides is 1. The number of hydrogen-bond donors (Lipinski definition) is 1. The number of hydrogen-bond acceptors (Lipinski definition) is 4. The van der Waals surface area contributed by atoms with E-state index in [2.05, 4.69) is 9.88 Å². The number of carbonyl (C=O) groups is 1. The second kappa shape index (κ2) is 5.89. The summed E-state index contributed by atoms with van der Waals surface area (Å²) in [6.45, 7) is 3.20. The highest BCUT2D eigenvalue weighted by Crippen LogP contribution is 2.25.